The Kier molecular flexibility index (Phi) is 4.60. The van der Waals surface area contributed by atoms with Crippen molar-refractivity contribution in [1.29, 1.82) is 0 Å². The fourth-order valence-corrected chi connectivity index (χ4v) is 4.51. The maximum Gasteiger partial charge on any atom is 0.274 e. The van der Waals surface area contributed by atoms with E-state index in [0.717, 1.165) is 44.2 Å². The SMILES string of the molecule is CN1CC[C@@H]2CCN(c3cnc(C(=O)N4CCCC(N)C4)cn3)C[C@@H]21. The minimum atomic E-state index is -0.0524. The van der Waals surface area contributed by atoms with Crippen molar-refractivity contribution in [3.05, 3.63) is 18.1 Å². The minimum Gasteiger partial charge on any atom is -0.354 e. The van der Waals surface area contributed by atoms with Crippen molar-refractivity contribution in [3.8, 4) is 0 Å². The van der Waals surface area contributed by atoms with Gasteiger partial charge in [0.1, 0.15) is 11.5 Å². The van der Waals surface area contributed by atoms with Crippen LogP contribution in [0.3, 0.4) is 0 Å². The van der Waals surface area contributed by atoms with Gasteiger partial charge in [0.2, 0.25) is 0 Å². The molecule has 1 aromatic rings. The first kappa shape index (κ1) is 16.7. The van der Waals surface area contributed by atoms with Crippen LogP contribution < -0.4 is 10.6 Å². The summed E-state index contributed by atoms with van der Waals surface area (Å²) in [6, 6.07) is 0.696. The number of piperidine rings is 2. The summed E-state index contributed by atoms with van der Waals surface area (Å²) in [6.07, 6.45) is 7.85. The lowest BCUT2D eigenvalue weighted by Crippen LogP contribution is -2.47. The topological polar surface area (TPSA) is 78.6 Å². The van der Waals surface area contributed by atoms with Crippen LogP contribution in [0.25, 0.3) is 0 Å². The lowest BCUT2D eigenvalue weighted by molar-refractivity contribution is 0.0702. The lowest BCUT2D eigenvalue weighted by atomic mass is 9.92. The predicted octanol–water partition coefficient (Wildman–Crippen LogP) is 0.570. The molecule has 3 aliphatic heterocycles. The van der Waals surface area contributed by atoms with Gasteiger partial charge in [-0.25, -0.2) is 9.97 Å². The highest BCUT2D eigenvalue weighted by molar-refractivity contribution is 5.92. The van der Waals surface area contributed by atoms with Crippen LogP contribution in [0.4, 0.5) is 5.82 Å². The highest BCUT2D eigenvalue weighted by Crippen LogP contribution is 2.31. The Morgan fingerprint density at radius 2 is 1.96 bits per heavy atom. The summed E-state index contributed by atoms with van der Waals surface area (Å²) in [7, 11) is 2.21. The van der Waals surface area contributed by atoms with Gasteiger partial charge in [0.05, 0.1) is 12.4 Å². The molecule has 0 spiro atoms. The van der Waals surface area contributed by atoms with Gasteiger partial charge in [-0.15, -0.1) is 0 Å². The molecular weight excluding hydrogens is 316 g/mol. The van der Waals surface area contributed by atoms with Crippen molar-refractivity contribution in [2.24, 2.45) is 11.7 Å². The molecule has 3 fully saturated rings. The van der Waals surface area contributed by atoms with Crippen LogP contribution in [-0.4, -0.2) is 77.5 Å². The van der Waals surface area contributed by atoms with Crippen molar-refractivity contribution in [1.82, 2.24) is 19.8 Å². The number of hydrogen-bond donors (Lipinski definition) is 1. The molecule has 4 rings (SSSR count). The number of rotatable bonds is 2. The van der Waals surface area contributed by atoms with E-state index in [-0.39, 0.29) is 11.9 Å². The van der Waals surface area contributed by atoms with Gasteiger partial charge >= 0.3 is 0 Å². The van der Waals surface area contributed by atoms with Gasteiger partial charge < -0.3 is 20.4 Å². The van der Waals surface area contributed by atoms with Gasteiger partial charge in [0.25, 0.3) is 5.91 Å². The van der Waals surface area contributed by atoms with Gasteiger partial charge in [-0.3, -0.25) is 4.79 Å². The molecule has 4 heterocycles. The Hall–Kier alpha value is -1.73. The predicted molar refractivity (Wildman–Crippen MR) is 96.5 cm³/mol. The smallest absolute Gasteiger partial charge is 0.274 e. The number of nitrogens with two attached hydrogens (primary N) is 1. The number of likely N-dealkylation sites (tertiary alicyclic amines) is 2. The molecule has 0 saturated carbocycles. The van der Waals surface area contributed by atoms with E-state index in [9.17, 15) is 4.79 Å². The molecule has 3 aliphatic rings. The maximum atomic E-state index is 12.6. The molecular formula is C18H28N6O. The van der Waals surface area contributed by atoms with E-state index in [1.54, 1.807) is 17.3 Å². The van der Waals surface area contributed by atoms with Gasteiger partial charge in [-0.2, -0.15) is 0 Å². The van der Waals surface area contributed by atoms with Gasteiger partial charge in [0.15, 0.2) is 0 Å². The largest absolute Gasteiger partial charge is 0.354 e. The first-order valence-corrected chi connectivity index (χ1v) is 9.44. The van der Waals surface area contributed by atoms with Crippen molar-refractivity contribution >= 4 is 11.7 Å². The van der Waals surface area contributed by atoms with Gasteiger partial charge in [-0.1, -0.05) is 0 Å². The quantitative estimate of drug-likeness (QED) is 0.845. The molecule has 0 radical (unpaired) electrons. The zero-order valence-corrected chi connectivity index (χ0v) is 15.0. The number of anilines is 1. The minimum absolute atomic E-state index is 0.0524. The average molecular weight is 344 g/mol. The maximum absolute atomic E-state index is 12.6. The number of carbonyl (C=O) groups is 1. The summed E-state index contributed by atoms with van der Waals surface area (Å²) in [5, 5.41) is 0. The van der Waals surface area contributed by atoms with Crippen molar-refractivity contribution in [2.75, 3.05) is 44.7 Å². The number of likely N-dealkylation sites (N-methyl/N-ethyl adjacent to an activating group) is 1. The Labute approximate surface area is 149 Å². The average Bonchev–Trinajstić information content (AvgIpc) is 3.02. The summed E-state index contributed by atoms with van der Waals surface area (Å²) in [5.74, 6) is 1.65. The molecule has 1 amide bonds. The van der Waals surface area contributed by atoms with Gasteiger partial charge in [-0.05, 0) is 45.2 Å². The van der Waals surface area contributed by atoms with Crippen LogP contribution in [0.2, 0.25) is 0 Å². The number of hydrogen-bond acceptors (Lipinski definition) is 6. The number of amides is 1. The standard InChI is InChI=1S/C18H28N6O/c1-22-7-4-13-5-8-23(12-16(13)22)17-10-20-15(9-21-17)18(25)24-6-2-3-14(19)11-24/h9-10,13-14,16H,2-8,11-12,19H2,1H3/t13-,14?,16+/m1/s1. The van der Waals surface area contributed by atoms with Crippen molar-refractivity contribution in [2.45, 2.75) is 37.8 Å². The Balaban J connectivity index is 1.42. The molecule has 2 N–H and O–H groups in total. The highest BCUT2D eigenvalue weighted by Gasteiger charge is 2.36. The van der Waals surface area contributed by atoms with E-state index in [1.807, 2.05) is 0 Å². The second-order valence-corrected chi connectivity index (χ2v) is 7.74. The van der Waals surface area contributed by atoms with Gasteiger partial charge in [0, 0.05) is 38.3 Å². The molecule has 3 saturated heterocycles. The molecule has 1 unspecified atom stereocenters. The first-order valence-electron chi connectivity index (χ1n) is 9.44. The number of fused-ring (bicyclic) bond motifs is 1. The zero-order chi connectivity index (χ0) is 17.4. The molecule has 0 aliphatic carbocycles. The van der Waals surface area contributed by atoms with E-state index in [4.69, 9.17) is 5.73 Å². The van der Waals surface area contributed by atoms with Crippen molar-refractivity contribution in [3.63, 3.8) is 0 Å². The van der Waals surface area contributed by atoms with Crippen LogP contribution in [0.1, 0.15) is 36.2 Å². The monoisotopic (exact) mass is 344 g/mol. The summed E-state index contributed by atoms with van der Waals surface area (Å²) in [4.78, 5) is 28.1. The third-order valence-corrected chi connectivity index (χ3v) is 6.07. The molecule has 7 heteroatoms. The number of aromatic nitrogens is 2. The van der Waals surface area contributed by atoms with E-state index in [1.165, 1.54) is 19.4 Å². The fourth-order valence-electron chi connectivity index (χ4n) is 4.51. The Morgan fingerprint density at radius 3 is 2.72 bits per heavy atom. The molecule has 7 nitrogen and oxygen atoms in total. The summed E-state index contributed by atoms with van der Waals surface area (Å²) < 4.78 is 0. The summed E-state index contributed by atoms with van der Waals surface area (Å²) >= 11 is 0. The fraction of sp³-hybridized carbons (Fsp3) is 0.722. The first-order chi connectivity index (χ1) is 12.1. The van der Waals surface area contributed by atoms with E-state index < -0.39 is 0 Å². The Morgan fingerprint density at radius 1 is 1.12 bits per heavy atom. The van der Waals surface area contributed by atoms with Crippen LogP contribution in [-0.2, 0) is 0 Å². The van der Waals surface area contributed by atoms with Crippen molar-refractivity contribution < 1.29 is 4.79 Å². The van der Waals surface area contributed by atoms with Crippen LogP contribution >= 0.6 is 0 Å². The second-order valence-electron chi connectivity index (χ2n) is 7.74. The second kappa shape index (κ2) is 6.88. The Bertz CT molecular complexity index is 620. The number of carbonyl (C=O) groups excluding carboxylic acids is 1. The molecule has 0 aromatic carbocycles. The van der Waals surface area contributed by atoms with E-state index in [2.05, 4.69) is 26.8 Å². The summed E-state index contributed by atoms with van der Waals surface area (Å²) in [6.45, 7) is 4.60. The number of nitrogens with zero attached hydrogens (tertiary/aromatic N) is 5. The summed E-state index contributed by atoms with van der Waals surface area (Å²) in [5.41, 5.74) is 6.40. The van der Waals surface area contributed by atoms with E-state index in [0.29, 0.717) is 18.3 Å². The third kappa shape index (κ3) is 3.35. The third-order valence-electron chi connectivity index (χ3n) is 6.07. The van der Waals surface area contributed by atoms with E-state index >= 15 is 0 Å². The van der Waals surface area contributed by atoms with Crippen LogP contribution in [0.15, 0.2) is 12.4 Å². The zero-order valence-electron chi connectivity index (χ0n) is 15.0. The lowest BCUT2D eigenvalue weighted by Gasteiger charge is -2.38. The normalized spacial score (nSPS) is 30.4. The van der Waals surface area contributed by atoms with Crippen LogP contribution in [0, 0.1) is 5.92 Å². The highest BCUT2D eigenvalue weighted by atomic mass is 16.2. The van der Waals surface area contributed by atoms with Crippen LogP contribution in [0.5, 0.6) is 0 Å². The molecule has 1 aromatic heterocycles. The molecule has 3 atom stereocenters. The molecule has 25 heavy (non-hydrogen) atoms. The molecule has 136 valence electrons. The molecule has 0 bridgehead atoms.